The number of hydrogen-bond acceptors (Lipinski definition) is 4. The lowest BCUT2D eigenvalue weighted by molar-refractivity contribution is -0.115. The maximum atomic E-state index is 13.3. The summed E-state index contributed by atoms with van der Waals surface area (Å²) in [6, 6.07) is 14.8. The van der Waals surface area contributed by atoms with Crippen molar-refractivity contribution < 1.29 is 13.2 Å². The van der Waals surface area contributed by atoms with E-state index in [1.165, 1.54) is 0 Å². The molecular weight excluding hydrogens is 410 g/mol. The zero-order valence-corrected chi connectivity index (χ0v) is 19.4. The second-order valence-corrected chi connectivity index (χ2v) is 10.0. The highest BCUT2D eigenvalue weighted by molar-refractivity contribution is 7.89. The van der Waals surface area contributed by atoms with Gasteiger partial charge in [0.05, 0.1) is 12.1 Å². The van der Waals surface area contributed by atoms with Gasteiger partial charge in [0.1, 0.15) is 4.90 Å². The van der Waals surface area contributed by atoms with Gasteiger partial charge < -0.3 is 10.2 Å². The summed E-state index contributed by atoms with van der Waals surface area (Å²) < 4.78 is 29.3. The second-order valence-electron chi connectivity index (χ2n) is 8.36. The summed E-state index contributed by atoms with van der Waals surface area (Å²) in [7, 11) is -3.74. The summed E-state index contributed by atoms with van der Waals surface area (Å²) >= 11 is 0. The molecule has 0 saturated carbocycles. The number of nitrogens with zero attached hydrogens (tertiary/aromatic N) is 1. The SMILES string of the molecule is CC[C@H](C)NS(=O)(=O)c1cc(NC(=O)Cc2ccccc2)ccc1N1CCCC[C@H]1C. The van der Waals surface area contributed by atoms with E-state index in [-0.39, 0.29) is 29.3 Å². The summed E-state index contributed by atoms with van der Waals surface area (Å²) in [6.45, 7) is 6.76. The summed E-state index contributed by atoms with van der Waals surface area (Å²) in [5.41, 5.74) is 2.09. The largest absolute Gasteiger partial charge is 0.368 e. The fourth-order valence-electron chi connectivity index (χ4n) is 3.90. The highest BCUT2D eigenvalue weighted by atomic mass is 32.2. The van der Waals surface area contributed by atoms with E-state index in [9.17, 15) is 13.2 Å². The van der Waals surface area contributed by atoms with Crippen LogP contribution in [0.1, 0.15) is 52.0 Å². The van der Waals surface area contributed by atoms with Gasteiger partial charge in [-0.15, -0.1) is 0 Å². The first-order valence-corrected chi connectivity index (χ1v) is 12.5. The first kappa shape index (κ1) is 23.3. The Morgan fingerprint density at radius 3 is 2.58 bits per heavy atom. The van der Waals surface area contributed by atoms with Gasteiger partial charge in [-0.1, -0.05) is 37.3 Å². The van der Waals surface area contributed by atoms with E-state index in [1.807, 2.05) is 50.2 Å². The molecule has 2 aromatic carbocycles. The number of nitrogens with one attached hydrogen (secondary N) is 2. The fourth-order valence-corrected chi connectivity index (χ4v) is 5.46. The van der Waals surface area contributed by atoms with E-state index >= 15 is 0 Å². The number of rotatable bonds is 8. The number of anilines is 2. The molecule has 0 aromatic heterocycles. The van der Waals surface area contributed by atoms with Gasteiger partial charge in [0.25, 0.3) is 0 Å². The topological polar surface area (TPSA) is 78.5 Å². The molecule has 1 aliphatic heterocycles. The molecule has 0 aliphatic carbocycles. The molecule has 2 atom stereocenters. The molecule has 31 heavy (non-hydrogen) atoms. The fraction of sp³-hybridized carbons (Fsp3) is 0.458. The Labute approximate surface area is 186 Å². The number of sulfonamides is 1. The average Bonchev–Trinajstić information content (AvgIpc) is 2.74. The molecule has 0 bridgehead atoms. The van der Waals surface area contributed by atoms with Crippen molar-refractivity contribution >= 4 is 27.3 Å². The molecule has 1 aliphatic rings. The predicted octanol–water partition coefficient (Wildman–Crippen LogP) is 4.32. The van der Waals surface area contributed by atoms with Crippen molar-refractivity contribution in [3.05, 3.63) is 54.1 Å². The van der Waals surface area contributed by atoms with Gasteiger partial charge in [0.15, 0.2) is 0 Å². The van der Waals surface area contributed by atoms with Crippen molar-refractivity contribution in [2.24, 2.45) is 0 Å². The van der Waals surface area contributed by atoms with Crippen LogP contribution in [0.15, 0.2) is 53.4 Å². The van der Waals surface area contributed by atoms with Crippen LogP contribution in [0.4, 0.5) is 11.4 Å². The van der Waals surface area contributed by atoms with Crippen LogP contribution < -0.4 is 14.9 Å². The van der Waals surface area contributed by atoms with Crippen molar-refractivity contribution in [2.75, 3.05) is 16.8 Å². The molecule has 0 radical (unpaired) electrons. The van der Waals surface area contributed by atoms with Crippen LogP contribution in [0.3, 0.4) is 0 Å². The van der Waals surface area contributed by atoms with Crippen molar-refractivity contribution in [1.29, 1.82) is 0 Å². The van der Waals surface area contributed by atoms with Crippen molar-refractivity contribution in [3.63, 3.8) is 0 Å². The summed E-state index contributed by atoms with van der Waals surface area (Å²) in [5.74, 6) is -0.177. The molecule has 3 rings (SSSR count). The number of hydrogen-bond donors (Lipinski definition) is 2. The second kappa shape index (κ2) is 10.3. The monoisotopic (exact) mass is 443 g/mol. The minimum atomic E-state index is -3.74. The molecule has 2 N–H and O–H groups in total. The van der Waals surface area contributed by atoms with E-state index in [1.54, 1.807) is 12.1 Å². The highest BCUT2D eigenvalue weighted by Gasteiger charge is 2.27. The third-order valence-corrected chi connectivity index (χ3v) is 7.44. The molecular formula is C24H33N3O3S. The van der Waals surface area contributed by atoms with Gasteiger partial charge in [0.2, 0.25) is 15.9 Å². The van der Waals surface area contributed by atoms with Crippen LogP contribution in [0.2, 0.25) is 0 Å². The van der Waals surface area contributed by atoms with Crippen LogP contribution in [0, 0.1) is 0 Å². The summed E-state index contributed by atoms with van der Waals surface area (Å²) in [5, 5.41) is 2.86. The quantitative estimate of drug-likeness (QED) is 0.637. The maximum Gasteiger partial charge on any atom is 0.242 e. The van der Waals surface area contributed by atoms with Crippen LogP contribution in [0.5, 0.6) is 0 Å². The lowest BCUT2D eigenvalue weighted by atomic mass is 10.0. The van der Waals surface area contributed by atoms with Crippen molar-refractivity contribution in [3.8, 4) is 0 Å². The Morgan fingerprint density at radius 2 is 1.90 bits per heavy atom. The Kier molecular flexibility index (Phi) is 7.73. The Hall–Kier alpha value is -2.38. The van der Waals surface area contributed by atoms with Gasteiger partial charge in [-0.25, -0.2) is 13.1 Å². The van der Waals surface area contributed by atoms with Gasteiger partial charge in [-0.3, -0.25) is 4.79 Å². The molecule has 1 saturated heterocycles. The van der Waals surface area contributed by atoms with Crippen molar-refractivity contribution in [1.82, 2.24) is 4.72 Å². The number of carbonyl (C=O) groups is 1. The van der Waals surface area contributed by atoms with E-state index in [4.69, 9.17) is 0 Å². The number of benzene rings is 2. The zero-order chi connectivity index (χ0) is 22.4. The molecule has 6 nitrogen and oxygen atoms in total. The number of piperidine rings is 1. The normalized spacial score (nSPS) is 17.9. The third-order valence-electron chi connectivity index (χ3n) is 5.82. The Bertz CT molecular complexity index is 992. The van der Waals surface area contributed by atoms with Gasteiger partial charge >= 0.3 is 0 Å². The zero-order valence-electron chi connectivity index (χ0n) is 18.6. The van der Waals surface area contributed by atoms with E-state index in [0.717, 1.165) is 31.4 Å². The first-order chi connectivity index (χ1) is 14.8. The first-order valence-electron chi connectivity index (χ1n) is 11.1. The van der Waals surface area contributed by atoms with Crippen molar-refractivity contribution in [2.45, 2.75) is 69.9 Å². The molecule has 0 spiro atoms. The Balaban J connectivity index is 1.91. The lowest BCUT2D eigenvalue weighted by Crippen LogP contribution is -2.39. The molecule has 2 aromatic rings. The molecule has 168 valence electrons. The number of carbonyl (C=O) groups excluding carboxylic acids is 1. The predicted molar refractivity (Wildman–Crippen MR) is 126 cm³/mol. The van der Waals surface area contributed by atoms with E-state index in [2.05, 4.69) is 21.9 Å². The van der Waals surface area contributed by atoms with Crippen LogP contribution >= 0.6 is 0 Å². The maximum absolute atomic E-state index is 13.3. The van der Waals surface area contributed by atoms with Gasteiger partial charge in [0, 0.05) is 24.3 Å². The van der Waals surface area contributed by atoms with Gasteiger partial charge in [-0.2, -0.15) is 0 Å². The van der Waals surface area contributed by atoms with Gasteiger partial charge in [-0.05, 0) is 63.3 Å². The molecule has 0 unspecified atom stereocenters. The third kappa shape index (κ3) is 6.08. The lowest BCUT2D eigenvalue weighted by Gasteiger charge is -2.36. The highest BCUT2D eigenvalue weighted by Crippen LogP contribution is 2.33. The average molecular weight is 444 g/mol. The van der Waals surface area contributed by atoms with E-state index < -0.39 is 10.0 Å². The minimum absolute atomic E-state index is 0.173. The standard InChI is InChI=1S/C24H33N3O3S/c1-4-18(2)26-31(29,30)23-17-21(25-24(28)16-20-11-6-5-7-12-20)13-14-22(23)27-15-9-8-10-19(27)3/h5-7,11-14,17-19,26H,4,8-10,15-16H2,1-3H3,(H,25,28)/t18-,19+/m0/s1. The molecule has 1 heterocycles. The molecule has 1 fully saturated rings. The van der Waals surface area contributed by atoms with Crippen LogP contribution in [-0.4, -0.2) is 33.0 Å². The number of amides is 1. The minimum Gasteiger partial charge on any atom is -0.368 e. The van der Waals surface area contributed by atoms with Crippen LogP contribution in [-0.2, 0) is 21.2 Å². The molecule has 1 amide bonds. The summed E-state index contributed by atoms with van der Waals surface area (Å²) in [6.07, 6.45) is 4.16. The molecule has 7 heteroatoms. The smallest absolute Gasteiger partial charge is 0.242 e. The Morgan fingerprint density at radius 1 is 1.16 bits per heavy atom. The van der Waals surface area contributed by atoms with Crippen LogP contribution in [0.25, 0.3) is 0 Å². The van der Waals surface area contributed by atoms with E-state index in [0.29, 0.717) is 17.8 Å². The summed E-state index contributed by atoms with van der Waals surface area (Å²) in [4.78, 5) is 14.9.